The zero-order chi connectivity index (χ0) is 12.2. The molecule has 0 spiro atoms. The van der Waals surface area contributed by atoms with Crippen molar-refractivity contribution < 1.29 is 14.6 Å². The Morgan fingerprint density at radius 2 is 1.73 bits per heavy atom. The minimum Gasteiger partial charge on any atom is -0.465 e. The summed E-state index contributed by atoms with van der Waals surface area (Å²) < 4.78 is 5.08. The molecule has 0 bridgehead atoms. The quantitative estimate of drug-likeness (QED) is 0.733. The van der Waals surface area contributed by atoms with Crippen LogP contribution in [0.4, 0.5) is 0 Å². The Kier molecular flexibility index (Phi) is 5.29. The molecule has 90 valence electrons. The maximum Gasteiger partial charge on any atom is 0.308 e. The second-order valence-corrected chi connectivity index (χ2v) is 5.57. The van der Waals surface area contributed by atoms with Crippen LogP contribution in [-0.2, 0) is 9.53 Å². The summed E-state index contributed by atoms with van der Waals surface area (Å²) in [5, 5.41) is 9.91. The van der Waals surface area contributed by atoms with Gasteiger partial charge in [0.15, 0.2) is 0 Å². The molecular formula is C12H24O3. The van der Waals surface area contributed by atoms with E-state index in [-0.39, 0.29) is 29.8 Å². The number of carbonyl (C=O) groups excluding carboxylic acids is 1. The average Bonchev–Trinajstić information content (AvgIpc) is 2.10. The molecule has 3 heteroatoms. The number of aliphatic hydroxyl groups excluding tert-OH is 1. The lowest BCUT2D eigenvalue weighted by molar-refractivity contribution is -0.150. The normalized spacial score (nSPS) is 16.3. The maximum absolute atomic E-state index is 11.2. The first-order chi connectivity index (χ1) is 6.66. The fourth-order valence-electron chi connectivity index (χ4n) is 1.32. The molecule has 0 fully saturated rings. The van der Waals surface area contributed by atoms with Gasteiger partial charge in [-0.3, -0.25) is 4.79 Å². The van der Waals surface area contributed by atoms with Crippen LogP contribution in [0.25, 0.3) is 0 Å². The van der Waals surface area contributed by atoms with Crippen molar-refractivity contribution in [1.29, 1.82) is 0 Å². The van der Waals surface area contributed by atoms with Crippen molar-refractivity contribution in [3.63, 3.8) is 0 Å². The monoisotopic (exact) mass is 216 g/mol. The predicted molar refractivity (Wildman–Crippen MR) is 60.4 cm³/mol. The number of hydrogen-bond donors (Lipinski definition) is 1. The van der Waals surface area contributed by atoms with Gasteiger partial charge in [0.2, 0.25) is 0 Å². The van der Waals surface area contributed by atoms with E-state index in [1.54, 1.807) is 13.8 Å². The molecule has 15 heavy (non-hydrogen) atoms. The highest BCUT2D eigenvalue weighted by atomic mass is 16.5. The molecule has 0 rings (SSSR count). The highest BCUT2D eigenvalue weighted by Gasteiger charge is 2.28. The summed E-state index contributed by atoms with van der Waals surface area (Å²) in [5.74, 6) is -0.348. The summed E-state index contributed by atoms with van der Waals surface area (Å²) in [4.78, 5) is 11.2. The number of hydrogen-bond acceptors (Lipinski definition) is 3. The van der Waals surface area contributed by atoms with Crippen molar-refractivity contribution in [2.75, 3.05) is 6.61 Å². The molecule has 0 aromatic carbocycles. The van der Waals surface area contributed by atoms with Gasteiger partial charge in [0.1, 0.15) is 0 Å². The summed E-state index contributed by atoms with van der Waals surface area (Å²) in [6.07, 6.45) is -0.461. The molecular weight excluding hydrogens is 192 g/mol. The minimum atomic E-state index is -0.461. The Morgan fingerprint density at radius 1 is 1.27 bits per heavy atom. The second-order valence-electron chi connectivity index (χ2n) is 5.57. The van der Waals surface area contributed by atoms with Gasteiger partial charge in [0.25, 0.3) is 0 Å². The van der Waals surface area contributed by atoms with E-state index in [1.807, 2.05) is 27.7 Å². The Labute approximate surface area is 92.8 Å². The van der Waals surface area contributed by atoms with Crippen molar-refractivity contribution in [3.8, 4) is 0 Å². The smallest absolute Gasteiger partial charge is 0.308 e. The number of carbonyl (C=O) groups is 1. The van der Waals surface area contributed by atoms with Gasteiger partial charge < -0.3 is 9.84 Å². The molecule has 0 saturated carbocycles. The van der Waals surface area contributed by atoms with Crippen LogP contribution in [0.3, 0.4) is 0 Å². The lowest BCUT2D eigenvalue weighted by Gasteiger charge is -2.30. The van der Waals surface area contributed by atoms with Gasteiger partial charge in [-0.1, -0.05) is 41.5 Å². The van der Waals surface area contributed by atoms with Crippen LogP contribution in [0.1, 0.15) is 41.5 Å². The van der Waals surface area contributed by atoms with Crippen molar-refractivity contribution in [2.45, 2.75) is 47.6 Å². The molecule has 0 aromatic rings. The topological polar surface area (TPSA) is 46.5 Å². The van der Waals surface area contributed by atoms with Crippen molar-refractivity contribution >= 4 is 5.97 Å². The van der Waals surface area contributed by atoms with Gasteiger partial charge in [-0.25, -0.2) is 0 Å². The molecule has 0 aliphatic carbocycles. The fraction of sp³-hybridized carbons (Fsp3) is 0.917. The summed E-state index contributed by atoms with van der Waals surface area (Å²) in [6.45, 7) is 11.7. The van der Waals surface area contributed by atoms with E-state index in [2.05, 4.69) is 0 Å². The largest absolute Gasteiger partial charge is 0.465 e. The van der Waals surface area contributed by atoms with E-state index in [0.29, 0.717) is 0 Å². The van der Waals surface area contributed by atoms with E-state index in [0.717, 1.165) is 0 Å². The lowest BCUT2D eigenvalue weighted by Crippen LogP contribution is -2.35. The first kappa shape index (κ1) is 14.4. The number of esters is 1. The molecule has 0 aromatic heterocycles. The predicted octanol–water partition coefficient (Wildman–Crippen LogP) is 2.23. The Balaban J connectivity index is 4.05. The van der Waals surface area contributed by atoms with Crippen LogP contribution in [0.5, 0.6) is 0 Å². The van der Waals surface area contributed by atoms with Crippen LogP contribution in [0.15, 0.2) is 0 Å². The molecule has 0 unspecified atom stereocenters. The molecule has 0 saturated heterocycles. The van der Waals surface area contributed by atoms with E-state index < -0.39 is 6.10 Å². The minimum absolute atomic E-state index is 0.0345. The highest BCUT2D eigenvalue weighted by molar-refractivity contribution is 5.71. The lowest BCUT2D eigenvalue weighted by atomic mass is 9.82. The first-order valence-electron chi connectivity index (χ1n) is 5.51. The summed E-state index contributed by atoms with van der Waals surface area (Å²) in [5.41, 5.74) is -0.177. The SMILES string of the molecule is CC(C)C(=O)OC[C@@H](C)[C@@H](O)C(C)(C)C. The van der Waals surface area contributed by atoms with E-state index in [4.69, 9.17) is 4.74 Å². The van der Waals surface area contributed by atoms with E-state index >= 15 is 0 Å². The highest BCUT2D eigenvalue weighted by Crippen LogP contribution is 2.25. The third-order valence-electron chi connectivity index (χ3n) is 2.39. The molecule has 0 heterocycles. The summed E-state index contributed by atoms with van der Waals surface area (Å²) in [6, 6.07) is 0. The van der Waals surface area contributed by atoms with E-state index in [9.17, 15) is 9.90 Å². The van der Waals surface area contributed by atoms with Gasteiger partial charge >= 0.3 is 5.97 Å². The fourth-order valence-corrected chi connectivity index (χ4v) is 1.32. The van der Waals surface area contributed by atoms with Crippen LogP contribution >= 0.6 is 0 Å². The van der Waals surface area contributed by atoms with E-state index in [1.165, 1.54) is 0 Å². The molecule has 3 nitrogen and oxygen atoms in total. The Morgan fingerprint density at radius 3 is 2.07 bits per heavy atom. The molecule has 2 atom stereocenters. The van der Waals surface area contributed by atoms with Crippen molar-refractivity contribution in [1.82, 2.24) is 0 Å². The number of rotatable bonds is 4. The van der Waals surface area contributed by atoms with Gasteiger partial charge in [0.05, 0.1) is 18.6 Å². The third-order valence-corrected chi connectivity index (χ3v) is 2.39. The zero-order valence-corrected chi connectivity index (χ0v) is 10.7. The molecule has 1 N–H and O–H groups in total. The zero-order valence-electron chi connectivity index (χ0n) is 10.7. The number of ether oxygens (including phenoxy) is 1. The third kappa shape index (κ3) is 5.17. The molecule has 0 aliphatic rings. The maximum atomic E-state index is 11.2. The van der Waals surface area contributed by atoms with Crippen LogP contribution in [0.2, 0.25) is 0 Å². The Hall–Kier alpha value is -0.570. The van der Waals surface area contributed by atoms with Crippen LogP contribution in [0, 0.1) is 17.3 Å². The van der Waals surface area contributed by atoms with Gasteiger partial charge in [-0.2, -0.15) is 0 Å². The van der Waals surface area contributed by atoms with Gasteiger partial charge in [-0.15, -0.1) is 0 Å². The van der Waals surface area contributed by atoms with Crippen molar-refractivity contribution in [3.05, 3.63) is 0 Å². The van der Waals surface area contributed by atoms with Gasteiger partial charge in [-0.05, 0) is 5.41 Å². The second kappa shape index (κ2) is 5.50. The number of aliphatic hydroxyl groups is 1. The molecule has 0 radical (unpaired) electrons. The molecule has 0 aliphatic heterocycles. The Bertz CT molecular complexity index is 203. The first-order valence-corrected chi connectivity index (χ1v) is 5.51. The molecule has 0 amide bonds. The summed E-state index contributed by atoms with van der Waals surface area (Å²) >= 11 is 0. The van der Waals surface area contributed by atoms with Crippen molar-refractivity contribution in [2.24, 2.45) is 17.3 Å². The average molecular weight is 216 g/mol. The standard InChI is InChI=1S/C12H24O3/c1-8(2)11(14)15-7-9(3)10(13)12(4,5)6/h8-10,13H,7H2,1-6H3/t9-,10-/m1/s1. The summed E-state index contributed by atoms with van der Waals surface area (Å²) in [7, 11) is 0. The van der Waals surface area contributed by atoms with Crippen LogP contribution < -0.4 is 0 Å². The van der Waals surface area contributed by atoms with Gasteiger partial charge in [0, 0.05) is 5.92 Å². The van der Waals surface area contributed by atoms with Crippen LogP contribution in [-0.4, -0.2) is 23.8 Å².